The Morgan fingerprint density at radius 1 is 1.07 bits per heavy atom. The zero-order valence-corrected chi connectivity index (χ0v) is 16.7. The highest BCUT2D eigenvalue weighted by atomic mass is 79.9. The van der Waals surface area contributed by atoms with Crippen molar-refractivity contribution in [3.05, 3.63) is 82.5 Å². The molecule has 2 amide bonds. The normalized spacial score (nSPS) is 10.2. The molecule has 1 aromatic heterocycles. The summed E-state index contributed by atoms with van der Waals surface area (Å²) in [7, 11) is 0. The molecule has 6 nitrogen and oxygen atoms in total. The predicted molar refractivity (Wildman–Crippen MR) is 110 cm³/mol. The van der Waals surface area contributed by atoms with Gasteiger partial charge in [-0.15, -0.1) is 0 Å². The van der Waals surface area contributed by atoms with Crippen molar-refractivity contribution in [1.29, 1.82) is 0 Å². The third kappa shape index (κ3) is 5.40. The van der Waals surface area contributed by atoms with Crippen molar-refractivity contribution >= 4 is 33.4 Å². The summed E-state index contributed by atoms with van der Waals surface area (Å²) in [5.41, 5.74) is 1.96. The van der Waals surface area contributed by atoms with Gasteiger partial charge in [0.2, 0.25) is 11.8 Å². The first-order valence-corrected chi connectivity index (χ1v) is 9.34. The number of halogens is 1. The Morgan fingerprint density at radius 3 is 2.57 bits per heavy atom. The van der Waals surface area contributed by atoms with Crippen LogP contribution in [0, 0.1) is 0 Å². The monoisotopic (exact) mass is 439 g/mol. The Balaban J connectivity index is 1.67. The van der Waals surface area contributed by atoms with Crippen molar-refractivity contribution in [2.24, 2.45) is 0 Å². The molecule has 0 spiro atoms. The lowest BCUT2D eigenvalue weighted by molar-refractivity contribution is -0.114. The highest BCUT2D eigenvalue weighted by Crippen LogP contribution is 2.25. The number of hydrogen-bond donors (Lipinski definition) is 2. The van der Waals surface area contributed by atoms with E-state index in [2.05, 4.69) is 31.5 Å². The highest BCUT2D eigenvalue weighted by Gasteiger charge is 2.14. The molecule has 0 aliphatic carbocycles. The second kappa shape index (κ2) is 9.14. The molecule has 28 heavy (non-hydrogen) atoms. The van der Waals surface area contributed by atoms with Gasteiger partial charge >= 0.3 is 0 Å². The zero-order valence-electron chi connectivity index (χ0n) is 15.1. The van der Waals surface area contributed by atoms with Crippen LogP contribution in [0.15, 0.2) is 71.3 Å². The number of benzene rings is 2. The largest absolute Gasteiger partial charge is 0.438 e. The molecule has 0 atom stereocenters. The molecule has 0 aliphatic heterocycles. The number of amides is 2. The first-order valence-electron chi connectivity index (χ1n) is 8.54. The summed E-state index contributed by atoms with van der Waals surface area (Å²) in [4.78, 5) is 27.9. The number of aromatic nitrogens is 1. The molecule has 3 aromatic rings. The van der Waals surface area contributed by atoms with Crippen LogP contribution in [0.2, 0.25) is 0 Å². The number of nitrogens with one attached hydrogen (secondary N) is 2. The van der Waals surface area contributed by atoms with Crippen LogP contribution in [-0.4, -0.2) is 16.8 Å². The summed E-state index contributed by atoms with van der Waals surface area (Å²) < 4.78 is 6.64. The molecule has 0 radical (unpaired) electrons. The van der Waals surface area contributed by atoms with Crippen LogP contribution >= 0.6 is 15.9 Å². The van der Waals surface area contributed by atoms with Crippen molar-refractivity contribution in [3.63, 3.8) is 0 Å². The van der Waals surface area contributed by atoms with E-state index in [4.69, 9.17) is 4.74 Å². The summed E-state index contributed by atoms with van der Waals surface area (Å²) >= 11 is 3.39. The van der Waals surface area contributed by atoms with Crippen LogP contribution in [0.25, 0.3) is 0 Å². The van der Waals surface area contributed by atoms with E-state index < -0.39 is 0 Å². The summed E-state index contributed by atoms with van der Waals surface area (Å²) in [5.74, 6) is 0.398. The number of hydrogen-bond acceptors (Lipinski definition) is 4. The summed E-state index contributed by atoms with van der Waals surface area (Å²) in [6.45, 7) is 1.79. The molecule has 2 aromatic carbocycles. The van der Waals surface area contributed by atoms with Gasteiger partial charge in [-0.25, -0.2) is 4.98 Å². The maximum Gasteiger partial charge on any atom is 0.257 e. The number of anilines is 1. The number of nitrogens with zero attached hydrogens (tertiary/aromatic N) is 1. The first kappa shape index (κ1) is 19.6. The lowest BCUT2D eigenvalue weighted by Gasteiger charge is -2.11. The SMILES string of the molecule is CC(=O)Nc1ccc(CNC(=O)c2cccnc2Oc2cccc(Br)c2)cc1. The van der Waals surface area contributed by atoms with E-state index in [-0.39, 0.29) is 17.7 Å². The van der Waals surface area contributed by atoms with Gasteiger partial charge in [-0.3, -0.25) is 9.59 Å². The Kier molecular flexibility index (Phi) is 6.39. The predicted octanol–water partition coefficient (Wildman–Crippen LogP) is 4.52. The van der Waals surface area contributed by atoms with E-state index in [9.17, 15) is 9.59 Å². The Morgan fingerprint density at radius 2 is 1.86 bits per heavy atom. The minimum Gasteiger partial charge on any atom is -0.438 e. The maximum atomic E-state index is 12.6. The van der Waals surface area contributed by atoms with Gasteiger partial charge in [-0.05, 0) is 48.0 Å². The molecule has 1 heterocycles. The van der Waals surface area contributed by atoms with E-state index >= 15 is 0 Å². The van der Waals surface area contributed by atoms with E-state index in [1.807, 2.05) is 24.3 Å². The van der Waals surface area contributed by atoms with Gasteiger partial charge in [0.25, 0.3) is 5.91 Å². The summed E-state index contributed by atoms with van der Waals surface area (Å²) in [5, 5.41) is 5.56. The molecule has 0 saturated heterocycles. The number of pyridine rings is 1. The summed E-state index contributed by atoms with van der Waals surface area (Å²) in [6.07, 6.45) is 1.57. The van der Waals surface area contributed by atoms with Crippen molar-refractivity contribution in [2.75, 3.05) is 5.32 Å². The maximum absolute atomic E-state index is 12.6. The van der Waals surface area contributed by atoms with Crippen molar-refractivity contribution in [2.45, 2.75) is 13.5 Å². The number of carbonyl (C=O) groups is 2. The van der Waals surface area contributed by atoms with Gasteiger partial charge in [0, 0.05) is 29.8 Å². The van der Waals surface area contributed by atoms with Crippen LogP contribution in [0.5, 0.6) is 11.6 Å². The Hall–Kier alpha value is -3.19. The molecule has 0 aliphatic rings. The second-order valence-corrected chi connectivity index (χ2v) is 6.89. The smallest absolute Gasteiger partial charge is 0.257 e. The van der Waals surface area contributed by atoms with E-state index in [1.165, 1.54) is 6.92 Å². The fourth-order valence-electron chi connectivity index (χ4n) is 2.47. The van der Waals surface area contributed by atoms with E-state index in [0.29, 0.717) is 23.5 Å². The molecule has 0 unspecified atom stereocenters. The number of rotatable bonds is 6. The van der Waals surface area contributed by atoms with Crippen LogP contribution < -0.4 is 15.4 Å². The van der Waals surface area contributed by atoms with Gasteiger partial charge in [0.15, 0.2) is 0 Å². The lowest BCUT2D eigenvalue weighted by atomic mass is 10.2. The van der Waals surface area contributed by atoms with Crippen LogP contribution in [0.1, 0.15) is 22.8 Å². The minimum atomic E-state index is -0.288. The van der Waals surface area contributed by atoms with Crippen molar-refractivity contribution < 1.29 is 14.3 Å². The standard InChI is InChI=1S/C21H18BrN3O3/c1-14(26)25-17-9-7-15(8-10-17)13-24-20(27)19-6-3-11-23-21(19)28-18-5-2-4-16(22)12-18/h2-12H,13H2,1H3,(H,24,27)(H,25,26). The third-order valence-electron chi connectivity index (χ3n) is 3.75. The molecule has 0 saturated carbocycles. The molecule has 0 bridgehead atoms. The highest BCUT2D eigenvalue weighted by molar-refractivity contribution is 9.10. The quantitative estimate of drug-likeness (QED) is 0.591. The molecule has 7 heteroatoms. The molecular formula is C21H18BrN3O3. The van der Waals surface area contributed by atoms with Crippen molar-refractivity contribution in [3.8, 4) is 11.6 Å². The first-order chi connectivity index (χ1) is 13.5. The van der Waals surface area contributed by atoms with Gasteiger partial charge in [-0.2, -0.15) is 0 Å². The topological polar surface area (TPSA) is 80.3 Å². The average Bonchev–Trinajstić information content (AvgIpc) is 2.67. The zero-order chi connectivity index (χ0) is 19.9. The third-order valence-corrected chi connectivity index (χ3v) is 4.25. The van der Waals surface area contributed by atoms with Crippen molar-refractivity contribution in [1.82, 2.24) is 10.3 Å². The minimum absolute atomic E-state index is 0.129. The van der Waals surface area contributed by atoms with Gasteiger partial charge in [0.05, 0.1) is 0 Å². The van der Waals surface area contributed by atoms with Crippen LogP contribution in [0.4, 0.5) is 5.69 Å². The Bertz CT molecular complexity index is 990. The molecule has 3 rings (SSSR count). The van der Waals surface area contributed by atoms with Gasteiger partial charge in [0.1, 0.15) is 11.3 Å². The second-order valence-electron chi connectivity index (χ2n) is 5.98. The molecule has 0 fully saturated rings. The number of carbonyl (C=O) groups excluding carboxylic acids is 2. The van der Waals surface area contributed by atoms with Gasteiger partial charge in [-0.1, -0.05) is 34.1 Å². The lowest BCUT2D eigenvalue weighted by Crippen LogP contribution is -2.23. The fraction of sp³-hybridized carbons (Fsp3) is 0.0952. The molecule has 142 valence electrons. The van der Waals surface area contributed by atoms with Crippen LogP contribution in [-0.2, 0) is 11.3 Å². The van der Waals surface area contributed by atoms with Crippen LogP contribution in [0.3, 0.4) is 0 Å². The Labute approximate surface area is 171 Å². The molecular weight excluding hydrogens is 422 g/mol. The fourth-order valence-corrected chi connectivity index (χ4v) is 2.85. The summed E-state index contributed by atoms with van der Waals surface area (Å²) in [6, 6.07) is 17.9. The van der Waals surface area contributed by atoms with E-state index in [1.54, 1.807) is 42.6 Å². The van der Waals surface area contributed by atoms with Gasteiger partial charge < -0.3 is 15.4 Å². The number of ether oxygens (including phenoxy) is 1. The average molecular weight is 440 g/mol. The molecule has 2 N–H and O–H groups in total. The van der Waals surface area contributed by atoms with E-state index in [0.717, 1.165) is 10.0 Å².